The van der Waals surface area contributed by atoms with Crippen LogP contribution in [0, 0.1) is 5.92 Å². The molecule has 2 aliphatic rings. The topological polar surface area (TPSA) is 32.3 Å². The molecule has 1 saturated heterocycles. The first kappa shape index (κ1) is 20.2. The average molecular weight is 403 g/mol. The van der Waals surface area contributed by atoms with Gasteiger partial charge in [-0.25, -0.2) is 0 Å². The summed E-state index contributed by atoms with van der Waals surface area (Å²) in [6, 6.07) is 18.8. The van der Waals surface area contributed by atoms with Crippen molar-refractivity contribution in [1.82, 2.24) is 10.2 Å². The minimum absolute atomic E-state index is 0. The van der Waals surface area contributed by atoms with Gasteiger partial charge in [0.05, 0.1) is 5.56 Å². The quantitative estimate of drug-likeness (QED) is 0.748. The molecule has 1 aliphatic heterocycles. The van der Waals surface area contributed by atoms with Crippen LogP contribution in [0.1, 0.15) is 36.0 Å². The highest BCUT2D eigenvalue weighted by Crippen LogP contribution is 2.31. The van der Waals surface area contributed by atoms with Gasteiger partial charge in [-0.05, 0) is 62.4 Å². The SMILES string of the molecule is Cl.O=C(c1ccccc1Sc1ccccc1)N1CCC(NCC2CC2)CC1. The van der Waals surface area contributed by atoms with E-state index in [2.05, 4.69) is 23.5 Å². The van der Waals surface area contributed by atoms with Crippen molar-refractivity contribution in [2.24, 2.45) is 5.92 Å². The fourth-order valence-corrected chi connectivity index (χ4v) is 4.42. The van der Waals surface area contributed by atoms with E-state index in [4.69, 9.17) is 0 Å². The second-order valence-corrected chi connectivity index (χ2v) is 8.44. The van der Waals surface area contributed by atoms with Crippen molar-refractivity contribution in [2.75, 3.05) is 19.6 Å². The fourth-order valence-electron chi connectivity index (χ4n) is 3.46. The molecule has 27 heavy (non-hydrogen) atoms. The van der Waals surface area contributed by atoms with Crippen LogP contribution in [0.2, 0.25) is 0 Å². The van der Waals surface area contributed by atoms with E-state index < -0.39 is 0 Å². The van der Waals surface area contributed by atoms with E-state index in [1.807, 2.05) is 41.3 Å². The number of nitrogens with zero attached hydrogens (tertiary/aromatic N) is 1. The van der Waals surface area contributed by atoms with Crippen molar-refractivity contribution in [1.29, 1.82) is 0 Å². The van der Waals surface area contributed by atoms with Crippen molar-refractivity contribution in [3.05, 3.63) is 60.2 Å². The first-order valence-electron chi connectivity index (χ1n) is 9.64. The maximum atomic E-state index is 13.1. The lowest BCUT2D eigenvalue weighted by atomic mass is 10.0. The van der Waals surface area contributed by atoms with E-state index in [1.165, 1.54) is 12.8 Å². The molecule has 0 radical (unpaired) electrons. The Bertz CT molecular complexity index is 743. The Balaban J connectivity index is 0.00000210. The molecule has 1 saturated carbocycles. The molecule has 144 valence electrons. The zero-order valence-electron chi connectivity index (χ0n) is 15.5. The molecular weight excluding hydrogens is 376 g/mol. The Kier molecular flexibility index (Phi) is 7.22. The van der Waals surface area contributed by atoms with E-state index in [0.29, 0.717) is 6.04 Å². The minimum Gasteiger partial charge on any atom is -0.338 e. The third-order valence-corrected chi connectivity index (χ3v) is 6.35. The Labute approximate surface area is 172 Å². The molecule has 2 aromatic rings. The smallest absolute Gasteiger partial charge is 0.255 e. The number of carbonyl (C=O) groups is 1. The lowest BCUT2D eigenvalue weighted by Gasteiger charge is -2.33. The van der Waals surface area contributed by atoms with Crippen LogP contribution >= 0.6 is 24.2 Å². The summed E-state index contributed by atoms with van der Waals surface area (Å²) in [4.78, 5) is 17.3. The van der Waals surface area contributed by atoms with Crippen LogP contribution < -0.4 is 5.32 Å². The Morgan fingerprint density at radius 1 is 0.963 bits per heavy atom. The van der Waals surface area contributed by atoms with Crippen LogP contribution in [0.3, 0.4) is 0 Å². The maximum absolute atomic E-state index is 13.1. The largest absolute Gasteiger partial charge is 0.338 e. The highest BCUT2D eigenvalue weighted by Gasteiger charge is 2.27. The second kappa shape index (κ2) is 9.63. The normalized spacial score (nSPS) is 17.4. The van der Waals surface area contributed by atoms with Crippen molar-refractivity contribution < 1.29 is 4.79 Å². The summed E-state index contributed by atoms with van der Waals surface area (Å²) >= 11 is 1.67. The van der Waals surface area contributed by atoms with Gasteiger partial charge in [0.15, 0.2) is 0 Å². The van der Waals surface area contributed by atoms with Gasteiger partial charge in [0.1, 0.15) is 0 Å². The van der Waals surface area contributed by atoms with Gasteiger partial charge in [-0.15, -0.1) is 12.4 Å². The van der Waals surface area contributed by atoms with Gasteiger partial charge < -0.3 is 10.2 Å². The van der Waals surface area contributed by atoms with Crippen LogP contribution in [0.4, 0.5) is 0 Å². The molecule has 2 fully saturated rings. The van der Waals surface area contributed by atoms with Gasteiger partial charge in [0.2, 0.25) is 0 Å². The van der Waals surface area contributed by atoms with Crippen molar-refractivity contribution in [2.45, 2.75) is 41.5 Å². The van der Waals surface area contributed by atoms with Crippen molar-refractivity contribution >= 4 is 30.1 Å². The van der Waals surface area contributed by atoms with Gasteiger partial charge in [-0.1, -0.05) is 42.1 Å². The van der Waals surface area contributed by atoms with E-state index in [0.717, 1.165) is 53.7 Å². The van der Waals surface area contributed by atoms with Crippen LogP contribution in [0.25, 0.3) is 0 Å². The summed E-state index contributed by atoms with van der Waals surface area (Å²) in [6.07, 6.45) is 4.90. The summed E-state index contributed by atoms with van der Waals surface area (Å²) < 4.78 is 0. The van der Waals surface area contributed by atoms with E-state index in [9.17, 15) is 4.79 Å². The molecule has 1 amide bonds. The summed E-state index contributed by atoms with van der Waals surface area (Å²) in [7, 11) is 0. The molecule has 0 aromatic heterocycles. The van der Waals surface area contributed by atoms with Gasteiger partial charge in [0, 0.05) is 28.9 Å². The van der Waals surface area contributed by atoms with Crippen LogP contribution in [0.5, 0.6) is 0 Å². The number of nitrogens with one attached hydrogen (secondary N) is 1. The molecule has 0 bridgehead atoms. The summed E-state index contributed by atoms with van der Waals surface area (Å²) in [6.45, 7) is 2.87. The van der Waals surface area contributed by atoms with E-state index in [1.54, 1.807) is 11.8 Å². The third kappa shape index (κ3) is 5.50. The number of carbonyl (C=O) groups excluding carboxylic acids is 1. The monoisotopic (exact) mass is 402 g/mol. The van der Waals surface area contributed by atoms with Gasteiger partial charge in [0.25, 0.3) is 5.91 Å². The maximum Gasteiger partial charge on any atom is 0.255 e. The molecule has 0 spiro atoms. The van der Waals surface area contributed by atoms with E-state index in [-0.39, 0.29) is 18.3 Å². The van der Waals surface area contributed by atoms with Crippen molar-refractivity contribution in [3.63, 3.8) is 0 Å². The second-order valence-electron chi connectivity index (χ2n) is 7.33. The number of benzene rings is 2. The molecule has 3 nitrogen and oxygen atoms in total. The highest BCUT2D eigenvalue weighted by molar-refractivity contribution is 7.99. The van der Waals surface area contributed by atoms with Crippen LogP contribution in [0.15, 0.2) is 64.4 Å². The van der Waals surface area contributed by atoms with Gasteiger partial charge >= 0.3 is 0 Å². The molecule has 5 heteroatoms. The number of halogens is 1. The predicted octanol–water partition coefficient (Wildman–Crippen LogP) is 4.86. The lowest BCUT2D eigenvalue weighted by molar-refractivity contribution is 0.0701. The minimum atomic E-state index is 0. The summed E-state index contributed by atoms with van der Waals surface area (Å²) in [5.41, 5.74) is 0.825. The Morgan fingerprint density at radius 2 is 1.63 bits per heavy atom. The first-order valence-corrected chi connectivity index (χ1v) is 10.5. The molecule has 0 atom stereocenters. The molecule has 1 aliphatic carbocycles. The van der Waals surface area contributed by atoms with Crippen molar-refractivity contribution in [3.8, 4) is 0 Å². The number of rotatable bonds is 6. The lowest BCUT2D eigenvalue weighted by Crippen LogP contribution is -2.45. The summed E-state index contributed by atoms with van der Waals surface area (Å²) in [5, 5.41) is 3.68. The number of piperidine rings is 1. The first-order chi connectivity index (χ1) is 12.8. The van der Waals surface area contributed by atoms with E-state index >= 15 is 0 Å². The number of likely N-dealkylation sites (tertiary alicyclic amines) is 1. The van der Waals surface area contributed by atoms with Crippen LogP contribution in [-0.2, 0) is 0 Å². The zero-order chi connectivity index (χ0) is 17.8. The number of amides is 1. The molecule has 1 heterocycles. The average Bonchev–Trinajstić information content (AvgIpc) is 3.52. The van der Waals surface area contributed by atoms with Gasteiger partial charge in [-0.2, -0.15) is 0 Å². The fraction of sp³-hybridized carbons (Fsp3) is 0.409. The third-order valence-electron chi connectivity index (χ3n) is 5.26. The molecule has 2 aromatic carbocycles. The number of hydrogen-bond donors (Lipinski definition) is 1. The standard InChI is InChI=1S/C22H26N2OS.ClH/c25-22(24-14-12-18(13-15-24)23-16-17-10-11-17)20-8-4-5-9-21(20)26-19-6-2-1-3-7-19;/h1-9,17-18,23H,10-16H2;1H. The highest BCUT2D eigenvalue weighted by atomic mass is 35.5. The van der Waals surface area contributed by atoms with Crippen LogP contribution in [-0.4, -0.2) is 36.5 Å². The zero-order valence-corrected chi connectivity index (χ0v) is 17.1. The van der Waals surface area contributed by atoms with Gasteiger partial charge in [-0.3, -0.25) is 4.79 Å². The molecular formula is C22H27ClN2OS. The molecule has 0 unspecified atom stereocenters. The molecule has 1 N–H and O–H groups in total. The predicted molar refractivity (Wildman–Crippen MR) is 114 cm³/mol. The Hall–Kier alpha value is -1.49. The molecule has 4 rings (SSSR count). The Morgan fingerprint density at radius 3 is 2.33 bits per heavy atom. The number of hydrogen-bond acceptors (Lipinski definition) is 3. The summed E-state index contributed by atoms with van der Waals surface area (Å²) in [5.74, 6) is 1.08.